The van der Waals surface area contributed by atoms with E-state index in [0.29, 0.717) is 42.5 Å². The standard InChI is InChI=1S/C27H36FN3O6S/c1-4-5-14-29-27(33)20(2)30(19-21-9-6-7-10-23(21)28)26(32)11-8-15-31(38(3,34)35)22-12-13-24-25(18-22)37-17-16-36-24/h6-7,9-10,12-13,18,20H,4-5,8,11,14-17,19H2,1-3H3,(H,29,33)/t20-/m0/s1. The summed E-state index contributed by atoms with van der Waals surface area (Å²) in [4.78, 5) is 27.4. The number of ether oxygens (including phenoxy) is 2. The molecule has 2 aromatic carbocycles. The minimum Gasteiger partial charge on any atom is -0.486 e. The van der Waals surface area contributed by atoms with Crippen molar-refractivity contribution in [3.63, 3.8) is 0 Å². The van der Waals surface area contributed by atoms with Crippen molar-refractivity contribution in [3.05, 3.63) is 53.8 Å². The zero-order valence-electron chi connectivity index (χ0n) is 22.1. The first-order valence-electron chi connectivity index (χ1n) is 12.8. The van der Waals surface area contributed by atoms with Crippen LogP contribution in [0.15, 0.2) is 42.5 Å². The lowest BCUT2D eigenvalue weighted by Gasteiger charge is -2.29. The fourth-order valence-corrected chi connectivity index (χ4v) is 5.08. The van der Waals surface area contributed by atoms with Gasteiger partial charge in [-0.1, -0.05) is 31.5 Å². The van der Waals surface area contributed by atoms with E-state index in [1.54, 1.807) is 43.3 Å². The molecule has 1 N–H and O–H groups in total. The highest BCUT2D eigenvalue weighted by Crippen LogP contribution is 2.34. The Balaban J connectivity index is 1.72. The van der Waals surface area contributed by atoms with Crippen LogP contribution in [0, 0.1) is 5.82 Å². The van der Waals surface area contributed by atoms with Crippen LogP contribution < -0.4 is 19.1 Å². The number of fused-ring (bicyclic) bond motifs is 1. The first-order valence-corrected chi connectivity index (χ1v) is 14.6. The second-order valence-corrected chi connectivity index (χ2v) is 11.1. The first kappa shape index (κ1) is 29.2. The Morgan fingerprint density at radius 3 is 2.47 bits per heavy atom. The van der Waals surface area contributed by atoms with E-state index >= 15 is 0 Å². The van der Waals surface area contributed by atoms with Crippen LogP contribution in [0.5, 0.6) is 11.5 Å². The van der Waals surface area contributed by atoms with Gasteiger partial charge in [-0.2, -0.15) is 0 Å². The molecule has 0 aromatic heterocycles. The number of halogens is 1. The number of amides is 2. The van der Waals surface area contributed by atoms with Gasteiger partial charge in [-0.15, -0.1) is 0 Å². The summed E-state index contributed by atoms with van der Waals surface area (Å²) in [5.41, 5.74) is 0.694. The van der Waals surface area contributed by atoms with Gasteiger partial charge in [0.25, 0.3) is 0 Å². The summed E-state index contributed by atoms with van der Waals surface area (Å²) >= 11 is 0. The Morgan fingerprint density at radius 1 is 1.08 bits per heavy atom. The molecule has 0 saturated heterocycles. The van der Waals surface area contributed by atoms with Crippen LogP contribution in [-0.2, 0) is 26.2 Å². The number of carbonyl (C=O) groups is 2. The number of hydrogen-bond acceptors (Lipinski definition) is 6. The average Bonchev–Trinajstić information content (AvgIpc) is 2.89. The number of nitrogens with one attached hydrogen (secondary N) is 1. The second-order valence-electron chi connectivity index (χ2n) is 9.20. The van der Waals surface area contributed by atoms with Gasteiger partial charge in [-0.3, -0.25) is 13.9 Å². The van der Waals surface area contributed by atoms with Crippen molar-refractivity contribution < 1.29 is 31.9 Å². The molecule has 0 spiro atoms. The van der Waals surface area contributed by atoms with Crippen molar-refractivity contribution in [3.8, 4) is 11.5 Å². The van der Waals surface area contributed by atoms with Gasteiger partial charge in [0.15, 0.2) is 11.5 Å². The average molecular weight is 550 g/mol. The predicted octanol–water partition coefficient (Wildman–Crippen LogP) is 3.48. The number of unbranched alkanes of at least 4 members (excludes halogenated alkanes) is 1. The van der Waals surface area contributed by atoms with E-state index in [4.69, 9.17) is 9.47 Å². The van der Waals surface area contributed by atoms with E-state index < -0.39 is 21.9 Å². The lowest BCUT2D eigenvalue weighted by atomic mass is 10.1. The largest absolute Gasteiger partial charge is 0.486 e. The van der Waals surface area contributed by atoms with Crippen LogP contribution in [0.2, 0.25) is 0 Å². The lowest BCUT2D eigenvalue weighted by molar-refractivity contribution is -0.140. The summed E-state index contributed by atoms with van der Waals surface area (Å²) in [5.74, 6) is -0.166. The van der Waals surface area contributed by atoms with Crippen molar-refractivity contribution in [2.45, 2.75) is 52.1 Å². The third kappa shape index (κ3) is 7.83. The molecule has 0 unspecified atom stereocenters. The maximum Gasteiger partial charge on any atom is 0.242 e. The Hall–Kier alpha value is -3.34. The molecule has 0 radical (unpaired) electrons. The number of anilines is 1. The summed E-state index contributed by atoms with van der Waals surface area (Å²) in [7, 11) is -3.66. The van der Waals surface area contributed by atoms with E-state index in [-0.39, 0.29) is 37.7 Å². The SMILES string of the molecule is CCCCNC(=O)[C@H](C)N(Cc1ccccc1F)C(=O)CCCN(c1ccc2c(c1)OCCO2)S(C)(=O)=O. The Morgan fingerprint density at radius 2 is 1.79 bits per heavy atom. The minimum atomic E-state index is -3.66. The number of rotatable bonds is 13. The molecule has 0 saturated carbocycles. The number of sulfonamides is 1. The summed E-state index contributed by atoms with van der Waals surface area (Å²) in [6.07, 6.45) is 2.97. The van der Waals surface area contributed by atoms with Gasteiger partial charge in [0.2, 0.25) is 21.8 Å². The number of nitrogens with zero attached hydrogens (tertiary/aromatic N) is 2. The quantitative estimate of drug-likeness (QED) is 0.384. The van der Waals surface area contributed by atoms with Crippen molar-refractivity contribution in [1.82, 2.24) is 10.2 Å². The zero-order valence-corrected chi connectivity index (χ0v) is 22.9. The van der Waals surface area contributed by atoms with Crippen molar-refractivity contribution >= 4 is 27.5 Å². The number of carbonyl (C=O) groups excluding carboxylic acids is 2. The number of benzene rings is 2. The molecule has 0 aliphatic carbocycles. The molecule has 1 heterocycles. The highest BCUT2D eigenvalue weighted by Gasteiger charge is 2.27. The molecule has 1 aliphatic rings. The second kappa shape index (κ2) is 13.5. The Kier molecular flexibility index (Phi) is 10.3. The fraction of sp³-hybridized carbons (Fsp3) is 0.481. The van der Waals surface area contributed by atoms with Gasteiger partial charge >= 0.3 is 0 Å². The highest BCUT2D eigenvalue weighted by molar-refractivity contribution is 7.92. The molecule has 9 nitrogen and oxygen atoms in total. The molecule has 0 bridgehead atoms. The lowest BCUT2D eigenvalue weighted by Crippen LogP contribution is -2.48. The molecule has 11 heteroatoms. The van der Waals surface area contributed by atoms with E-state index in [1.807, 2.05) is 6.92 Å². The van der Waals surface area contributed by atoms with Gasteiger partial charge in [-0.05, 0) is 38.0 Å². The van der Waals surface area contributed by atoms with E-state index in [2.05, 4.69) is 5.32 Å². The molecule has 38 heavy (non-hydrogen) atoms. The monoisotopic (exact) mass is 549 g/mol. The summed E-state index contributed by atoms with van der Waals surface area (Å²) < 4.78 is 51.8. The van der Waals surface area contributed by atoms with Gasteiger partial charge in [-0.25, -0.2) is 12.8 Å². The maximum absolute atomic E-state index is 14.4. The number of hydrogen-bond donors (Lipinski definition) is 1. The van der Waals surface area contributed by atoms with E-state index in [0.717, 1.165) is 19.1 Å². The highest BCUT2D eigenvalue weighted by atomic mass is 32.2. The molecule has 2 amide bonds. The molecule has 3 rings (SSSR count). The normalized spacial score (nSPS) is 13.5. The molecular formula is C27H36FN3O6S. The van der Waals surface area contributed by atoms with Crippen LogP contribution in [0.4, 0.5) is 10.1 Å². The predicted molar refractivity (Wildman–Crippen MR) is 143 cm³/mol. The molecule has 0 fully saturated rings. The van der Waals surface area contributed by atoms with Crippen molar-refractivity contribution in [2.24, 2.45) is 0 Å². The van der Waals surface area contributed by atoms with E-state index in [9.17, 15) is 22.4 Å². The third-order valence-corrected chi connectivity index (χ3v) is 7.46. The van der Waals surface area contributed by atoms with Gasteiger partial charge in [0.05, 0.1) is 11.9 Å². The topological polar surface area (TPSA) is 105 Å². The molecule has 2 aromatic rings. The molecule has 1 aliphatic heterocycles. The Bertz CT molecular complexity index is 1220. The van der Waals surface area contributed by atoms with E-state index in [1.165, 1.54) is 15.3 Å². The first-order chi connectivity index (χ1) is 18.1. The van der Waals surface area contributed by atoms with Gasteiger partial charge in [0.1, 0.15) is 25.1 Å². The Labute approximate surface area is 224 Å². The van der Waals surface area contributed by atoms with Crippen molar-refractivity contribution in [2.75, 3.05) is 36.9 Å². The smallest absolute Gasteiger partial charge is 0.242 e. The van der Waals surface area contributed by atoms with Crippen LogP contribution in [0.3, 0.4) is 0 Å². The summed E-state index contributed by atoms with van der Waals surface area (Å²) in [6.45, 7) is 4.85. The minimum absolute atomic E-state index is 0.0302. The van der Waals surface area contributed by atoms with Gasteiger partial charge < -0.3 is 19.7 Å². The van der Waals surface area contributed by atoms with Crippen LogP contribution in [0.25, 0.3) is 0 Å². The van der Waals surface area contributed by atoms with Crippen LogP contribution in [-0.4, -0.2) is 63.7 Å². The third-order valence-electron chi connectivity index (χ3n) is 6.26. The van der Waals surface area contributed by atoms with Crippen LogP contribution >= 0.6 is 0 Å². The van der Waals surface area contributed by atoms with Crippen LogP contribution in [0.1, 0.15) is 45.1 Å². The summed E-state index contributed by atoms with van der Waals surface area (Å²) in [5, 5.41) is 2.82. The maximum atomic E-state index is 14.4. The van der Waals surface area contributed by atoms with Crippen molar-refractivity contribution in [1.29, 1.82) is 0 Å². The van der Waals surface area contributed by atoms with Gasteiger partial charge in [0, 0.05) is 37.7 Å². The molecule has 1 atom stereocenters. The fourth-order valence-electron chi connectivity index (χ4n) is 4.12. The summed E-state index contributed by atoms with van der Waals surface area (Å²) in [6, 6.07) is 10.2. The molecular weight excluding hydrogens is 513 g/mol. The molecule has 208 valence electrons. The zero-order chi connectivity index (χ0) is 27.7.